The van der Waals surface area contributed by atoms with Gasteiger partial charge in [0.2, 0.25) is 0 Å². The molecule has 0 aromatic heterocycles. The van der Waals surface area contributed by atoms with Gasteiger partial charge in [0.05, 0.1) is 6.04 Å². The Bertz CT molecular complexity index is 428. The number of hydrogen-bond acceptors (Lipinski definition) is 2. The second-order valence-electron chi connectivity index (χ2n) is 5.54. The molecule has 1 saturated carbocycles. The Labute approximate surface area is 113 Å². The number of halogens is 2. The lowest BCUT2D eigenvalue weighted by Gasteiger charge is -2.20. The smallest absolute Gasteiger partial charge is 0.133 e. The molecule has 3 N–H and O–H groups in total. The first-order valence-corrected chi connectivity index (χ1v) is 7.04. The van der Waals surface area contributed by atoms with E-state index in [9.17, 15) is 8.78 Å². The molecule has 0 bridgehead atoms. The van der Waals surface area contributed by atoms with E-state index in [2.05, 4.69) is 5.43 Å². The Balaban J connectivity index is 2.10. The summed E-state index contributed by atoms with van der Waals surface area (Å²) in [6, 6.07) is 2.33. The summed E-state index contributed by atoms with van der Waals surface area (Å²) in [6.07, 6.45) is 6.67. The molecule has 19 heavy (non-hydrogen) atoms. The summed E-state index contributed by atoms with van der Waals surface area (Å²) < 4.78 is 27.9. The van der Waals surface area contributed by atoms with Crippen molar-refractivity contribution in [1.82, 2.24) is 5.43 Å². The van der Waals surface area contributed by atoms with Crippen LogP contribution < -0.4 is 11.3 Å². The molecule has 2 nitrogen and oxygen atoms in total. The van der Waals surface area contributed by atoms with Crippen LogP contribution in [0, 0.1) is 24.5 Å². The molecule has 1 fully saturated rings. The van der Waals surface area contributed by atoms with Crippen LogP contribution in [0.4, 0.5) is 8.78 Å². The molecule has 1 atom stereocenters. The van der Waals surface area contributed by atoms with E-state index in [1.54, 1.807) is 6.92 Å². The van der Waals surface area contributed by atoms with Crippen LogP contribution in [0.5, 0.6) is 0 Å². The molecule has 0 spiro atoms. The van der Waals surface area contributed by atoms with Crippen molar-refractivity contribution >= 4 is 0 Å². The van der Waals surface area contributed by atoms with Crippen LogP contribution in [-0.2, 0) is 0 Å². The molecule has 1 aromatic carbocycles. The van der Waals surface area contributed by atoms with Gasteiger partial charge in [-0.1, -0.05) is 31.7 Å². The number of nitrogens with two attached hydrogens (primary N) is 1. The van der Waals surface area contributed by atoms with Crippen molar-refractivity contribution in [2.75, 3.05) is 0 Å². The Hall–Kier alpha value is -1.00. The Morgan fingerprint density at radius 3 is 2.63 bits per heavy atom. The van der Waals surface area contributed by atoms with Gasteiger partial charge in [0.15, 0.2) is 0 Å². The quantitative estimate of drug-likeness (QED) is 0.630. The summed E-state index contributed by atoms with van der Waals surface area (Å²) in [4.78, 5) is 0. The van der Waals surface area contributed by atoms with E-state index in [1.165, 1.54) is 37.8 Å². The van der Waals surface area contributed by atoms with Gasteiger partial charge in [-0.05, 0) is 37.3 Å². The van der Waals surface area contributed by atoms with Gasteiger partial charge in [0.1, 0.15) is 11.6 Å². The summed E-state index contributed by atoms with van der Waals surface area (Å²) in [7, 11) is 0. The van der Waals surface area contributed by atoms with Crippen molar-refractivity contribution in [1.29, 1.82) is 0 Å². The summed E-state index contributed by atoms with van der Waals surface area (Å²) in [6.45, 7) is 1.64. The highest BCUT2D eigenvalue weighted by molar-refractivity contribution is 5.29. The van der Waals surface area contributed by atoms with Crippen molar-refractivity contribution in [2.45, 2.75) is 51.5 Å². The van der Waals surface area contributed by atoms with Gasteiger partial charge in [-0.2, -0.15) is 0 Å². The third kappa shape index (κ3) is 3.31. The average molecular weight is 268 g/mol. The highest BCUT2D eigenvalue weighted by Gasteiger charge is 2.23. The maximum atomic E-state index is 14.1. The zero-order valence-corrected chi connectivity index (χ0v) is 11.4. The fourth-order valence-corrected chi connectivity index (χ4v) is 3.01. The van der Waals surface area contributed by atoms with E-state index >= 15 is 0 Å². The first-order valence-electron chi connectivity index (χ1n) is 7.04. The van der Waals surface area contributed by atoms with Crippen molar-refractivity contribution in [3.63, 3.8) is 0 Å². The molecule has 0 aliphatic heterocycles. The predicted molar refractivity (Wildman–Crippen MR) is 72.4 cm³/mol. The summed E-state index contributed by atoms with van der Waals surface area (Å²) in [5.74, 6) is 5.19. The van der Waals surface area contributed by atoms with Crippen LogP contribution in [0.1, 0.15) is 55.7 Å². The molecule has 0 amide bonds. The molecule has 4 heteroatoms. The van der Waals surface area contributed by atoms with Crippen LogP contribution in [-0.4, -0.2) is 0 Å². The maximum Gasteiger partial charge on any atom is 0.133 e. The molecule has 1 unspecified atom stereocenters. The molecular weight excluding hydrogens is 246 g/mol. The predicted octanol–water partition coefficient (Wildman–Crippen LogP) is 3.75. The van der Waals surface area contributed by atoms with Gasteiger partial charge < -0.3 is 0 Å². The summed E-state index contributed by atoms with van der Waals surface area (Å²) in [5.41, 5.74) is 3.11. The largest absolute Gasteiger partial charge is 0.271 e. The Morgan fingerprint density at radius 1 is 1.32 bits per heavy atom. The first-order chi connectivity index (χ1) is 9.13. The standard InChI is InChI=1S/C15H22F2N2/c1-10-6-8-12(16)14(15(10)17)13(19-18)9-7-11-4-2-3-5-11/h6,8,11,13,19H,2-5,7,9,18H2,1H3. The number of hydrazine groups is 1. The number of aryl methyl sites for hydroxylation is 1. The number of rotatable bonds is 5. The van der Waals surface area contributed by atoms with Gasteiger partial charge in [0, 0.05) is 5.56 Å². The van der Waals surface area contributed by atoms with Crippen LogP contribution in [0.3, 0.4) is 0 Å². The molecule has 106 valence electrons. The third-order valence-corrected chi connectivity index (χ3v) is 4.21. The molecule has 2 rings (SSSR count). The number of nitrogens with one attached hydrogen (secondary N) is 1. The van der Waals surface area contributed by atoms with Gasteiger partial charge in [-0.3, -0.25) is 11.3 Å². The minimum atomic E-state index is -0.516. The first kappa shape index (κ1) is 14.4. The topological polar surface area (TPSA) is 38.0 Å². The average Bonchev–Trinajstić information content (AvgIpc) is 2.91. The molecular formula is C15H22F2N2. The van der Waals surface area contributed by atoms with E-state index in [4.69, 9.17) is 5.84 Å². The van der Waals surface area contributed by atoms with E-state index in [0.717, 1.165) is 6.42 Å². The van der Waals surface area contributed by atoms with Crippen LogP contribution in [0.2, 0.25) is 0 Å². The molecule has 1 aliphatic rings. The zero-order chi connectivity index (χ0) is 13.8. The fraction of sp³-hybridized carbons (Fsp3) is 0.600. The molecule has 0 saturated heterocycles. The third-order valence-electron chi connectivity index (χ3n) is 4.21. The van der Waals surface area contributed by atoms with Crippen molar-refractivity contribution in [3.05, 3.63) is 34.9 Å². The van der Waals surface area contributed by atoms with Gasteiger partial charge in [-0.25, -0.2) is 8.78 Å². The van der Waals surface area contributed by atoms with E-state index in [1.807, 2.05) is 0 Å². The Morgan fingerprint density at radius 2 is 2.00 bits per heavy atom. The van der Waals surface area contributed by atoms with Gasteiger partial charge in [-0.15, -0.1) is 0 Å². The van der Waals surface area contributed by atoms with E-state index in [0.29, 0.717) is 17.9 Å². The molecule has 1 aliphatic carbocycles. The minimum Gasteiger partial charge on any atom is -0.271 e. The van der Waals surface area contributed by atoms with Crippen molar-refractivity contribution < 1.29 is 8.78 Å². The lowest BCUT2D eigenvalue weighted by atomic mass is 9.94. The van der Waals surface area contributed by atoms with E-state index in [-0.39, 0.29) is 5.56 Å². The Kier molecular flexibility index (Phi) is 4.88. The normalized spacial score (nSPS) is 17.9. The van der Waals surface area contributed by atoms with Crippen molar-refractivity contribution in [3.8, 4) is 0 Å². The highest BCUT2D eigenvalue weighted by atomic mass is 19.1. The van der Waals surface area contributed by atoms with Crippen LogP contribution >= 0.6 is 0 Å². The number of hydrogen-bond donors (Lipinski definition) is 2. The molecule has 0 heterocycles. The monoisotopic (exact) mass is 268 g/mol. The SMILES string of the molecule is Cc1ccc(F)c(C(CCC2CCCC2)NN)c1F. The van der Waals surface area contributed by atoms with Gasteiger partial charge in [0.25, 0.3) is 0 Å². The van der Waals surface area contributed by atoms with E-state index < -0.39 is 17.7 Å². The zero-order valence-electron chi connectivity index (χ0n) is 11.4. The van der Waals surface area contributed by atoms with Gasteiger partial charge >= 0.3 is 0 Å². The lowest BCUT2D eigenvalue weighted by molar-refractivity contribution is 0.394. The van der Waals surface area contributed by atoms with Crippen LogP contribution in [0.25, 0.3) is 0 Å². The molecule has 0 radical (unpaired) electrons. The minimum absolute atomic E-state index is 0.0838. The maximum absolute atomic E-state index is 14.1. The lowest BCUT2D eigenvalue weighted by Crippen LogP contribution is -2.30. The second kappa shape index (κ2) is 6.44. The summed E-state index contributed by atoms with van der Waals surface area (Å²) in [5, 5.41) is 0. The summed E-state index contributed by atoms with van der Waals surface area (Å²) >= 11 is 0. The van der Waals surface area contributed by atoms with Crippen molar-refractivity contribution in [2.24, 2.45) is 11.8 Å². The van der Waals surface area contributed by atoms with Crippen LogP contribution in [0.15, 0.2) is 12.1 Å². The highest BCUT2D eigenvalue weighted by Crippen LogP contribution is 2.32. The fourth-order valence-electron chi connectivity index (χ4n) is 3.01. The molecule has 1 aromatic rings. The number of benzene rings is 1. The second-order valence-corrected chi connectivity index (χ2v) is 5.54.